The van der Waals surface area contributed by atoms with Crippen molar-refractivity contribution < 1.29 is 19.5 Å². The normalized spacial score (nSPS) is 12.9. The van der Waals surface area contributed by atoms with E-state index in [-0.39, 0.29) is 11.8 Å². The molecular weight excluding hydrogens is 452 g/mol. The molecule has 0 bridgehead atoms. The first-order chi connectivity index (χ1) is 17.4. The van der Waals surface area contributed by atoms with Gasteiger partial charge >= 0.3 is 5.97 Å². The summed E-state index contributed by atoms with van der Waals surface area (Å²) in [4.78, 5) is 36.0. The summed E-state index contributed by atoms with van der Waals surface area (Å²) in [5, 5.41) is 14.9. The molecule has 0 aliphatic rings. The van der Waals surface area contributed by atoms with Gasteiger partial charge in [0.25, 0.3) is 5.91 Å². The second kappa shape index (κ2) is 19.5. The Morgan fingerprint density at radius 2 is 1.44 bits per heavy atom. The van der Waals surface area contributed by atoms with Crippen molar-refractivity contribution in [3.05, 3.63) is 47.5 Å². The smallest absolute Gasteiger partial charge is 0.326 e. The minimum Gasteiger partial charge on any atom is -0.480 e. The highest BCUT2D eigenvalue weighted by Crippen LogP contribution is 2.11. The van der Waals surface area contributed by atoms with Gasteiger partial charge in [-0.05, 0) is 55.7 Å². The summed E-state index contributed by atoms with van der Waals surface area (Å²) < 4.78 is 0. The summed E-state index contributed by atoms with van der Waals surface area (Å²) in [7, 11) is 0. The molecule has 0 fully saturated rings. The van der Waals surface area contributed by atoms with E-state index in [1.807, 2.05) is 6.92 Å². The number of carbonyl (C=O) groups excluding carboxylic acids is 2. The molecular formula is C30H48N2O4. The zero-order valence-corrected chi connectivity index (χ0v) is 22.7. The second-order valence-corrected chi connectivity index (χ2v) is 9.78. The van der Waals surface area contributed by atoms with Gasteiger partial charge in [0.05, 0.1) is 0 Å². The van der Waals surface area contributed by atoms with E-state index < -0.39 is 17.9 Å². The molecule has 1 aromatic rings. The maximum absolute atomic E-state index is 12.4. The standard InChI is InChI=1S/C30H48N2O4/c1-4-6-7-8-9-10-11-12-13-14-15-16-17-18-27(33)31-23-25-19-21-26(22-20-25)29(34)32-28(30(35)36)24(3)5-2/h10-11,19-22,24,28H,4-9,12-18,23H2,1-3H3,(H,31,33)(H,32,34)(H,35,36)/b11-10-/t24-,28-/m0/s1. The maximum atomic E-state index is 12.4. The number of aliphatic carboxylic acids is 1. The Labute approximate surface area is 218 Å². The molecule has 0 aliphatic heterocycles. The van der Waals surface area contributed by atoms with Crippen LogP contribution in [-0.4, -0.2) is 28.9 Å². The van der Waals surface area contributed by atoms with Crippen LogP contribution < -0.4 is 10.6 Å². The van der Waals surface area contributed by atoms with Gasteiger partial charge in [-0.25, -0.2) is 4.79 Å². The molecule has 6 heteroatoms. The molecule has 0 aliphatic carbocycles. The quantitative estimate of drug-likeness (QED) is 0.136. The van der Waals surface area contributed by atoms with Crippen molar-refractivity contribution in [2.24, 2.45) is 5.92 Å². The lowest BCUT2D eigenvalue weighted by molar-refractivity contribution is -0.140. The molecule has 0 aromatic heterocycles. The first-order valence-corrected chi connectivity index (χ1v) is 13.9. The van der Waals surface area contributed by atoms with E-state index >= 15 is 0 Å². The first kappa shape index (κ1) is 31.4. The van der Waals surface area contributed by atoms with Crippen molar-refractivity contribution in [2.75, 3.05) is 0 Å². The van der Waals surface area contributed by atoms with Crippen LogP contribution in [0.5, 0.6) is 0 Å². The number of amides is 2. The Bertz CT molecular complexity index is 789. The molecule has 1 rings (SSSR count). The highest BCUT2D eigenvalue weighted by atomic mass is 16.4. The molecule has 0 spiro atoms. The lowest BCUT2D eigenvalue weighted by atomic mass is 9.99. The van der Waals surface area contributed by atoms with Gasteiger partial charge in [-0.15, -0.1) is 0 Å². The van der Waals surface area contributed by atoms with Crippen molar-refractivity contribution >= 4 is 17.8 Å². The van der Waals surface area contributed by atoms with Crippen molar-refractivity contribution in [2.45, 2.75) is 117 Å². The highest BCUT2D eigenvalue weighted by molar-refractivity contribution is 5.96. The number of benzene rings is 1. The van der Waals surface area contributed by atoms with E-state index in [2.05, 4.69) is 29.7 Å². The molecule has 0 radical (unpaired) electrons. The van der Waals surface area contributed by atoms with Crippen LogP contribution in [-0.2, 0) is 16.1 Å². The Balaban J connectivity index is 2.18. The molecule has 0 saturated heterocycles. The molecule has 2 atom stereocenters. The predicted molar refractivity (Wildman–Crippen MR) is 147 cm³/mol. The predicted octanol–water partition coefficient (Wildman–Crippen LogP) is 6.79. The van der Waals surface area contributed by atoms with Gasteiger partial charge in [0.15, 0.2) is 0 Å². The van der Waals surface area contributed by atoms with Gasteiger partial charge in [0.1, 0.15) is 6.04 Å². The first-order valence-electron chi connectivity index (χ1n) is 13.9. The summed E-state index contributed by atoms with van der Waals surface area (Å²) in [6.07, 6.45) is 19.1. The summed E-state index contributed by atoms with van der Waals surface area (Å²) >= 11 is 0. The average molecular weight is 501 g/mol. The highest BCUT2D eigenvalue weighted by Gasteiger charge is 2.25. The lowest BCUT2D eigenvalue weighted by Gasteiger charge is -2.20. The summed E-state index contributed by atoms with van der Waals surface area (Å²) in [6, 6.07) is 5.98. The van der Waals surface area contributed by atoms with Crippen LogP contribution in [0.25, 0.3) is 0 Å². The summed E-state index contributed by atoms with van der Waals surface area (Å²) in [5.41, 5.74) is 1.30. The number of hydrogen-bond acceptors (Lipinski definition) is 3. The Morgan fingerprint density at radius 3 is 2.03 bits per heavy atom. The largest absolute Gasteiger partial charge is 0.480 e. The van der Waals surface area contributed by atoms with Crippen LogP contribution in [0.4, 0.5) is 0 Å². The number of allylic oxidation sites excluding steroid dienone is 2. The zero-order valence-electron chi connectivity index (χ0n) is 22.7. The van der Waals surface area contributed by atoms with Crippen molar-refractivity contribution in [1.29, 1.82) is 0 Å². The average Bonchev–Trinajstić information content (AvgIpc) is 2.88. The molecule has 0 unspecified atom stereocenters. The molecule has 2 amide bonds. The van der Waals surface area contributed by atoms with E-state index in [1.165, 1.54) is 51.4 Å². The molecule has 202 valence electrons. The van der Waals surface area contributed by atoms with E-state index in [0.29, 0.717) is 24.9 Å². The number of rotatable bonds is 20. The van der Waals surface area contributed by atoms with Gasteiger partial charge in [0, 0.05) is 18.5 Å². The maximum Gasteiger partial charge on any atom is 0.326 e. The number of carboxylic acids is 1. The van der Waals surface area contributed by atoms with Crippen molar-refractivity contribution in [3.63, 3.8) is 0 Å². The van der Waals surface area contributed by atoms with Crippen LogP contribution in [0.3, 0.4) is 0 Å². The lowest BCUT2D eigenvalue weighted by Crippen LogP contribution is -2.45. The molecule has 0 heterocycles. The Hall–Kier alpha value is -2.63. The Morgan fingerprint density at radius 1 is 0.861 bits per heavy atom. The minimum absolute atomic E-state index is 0.0423. The molecule has 3 N–H and O–H groups in total. The second-order valence-electron chi connectivity index (χ2n) is 9.78. The van der Waals surface area contributed by atoms with Crippen molar-refractivity contribution in [1.82, 2.24) is 10.6 Å². The van der Waals surface area contributed by atoms with E-state index in [4.69, 9.17) is 0 Å². The number of carboxylic acid groups (broad SMARTS) is 1. The number of nitrogens with one attached hydrogen (secondary N) is 2. The summed E-state index contributed by atoms with van der Waals surface area (Å²) in [6.45, 7) is 6.35. The van der Waals surface area contributed by atoms with Crippen LogP contribution in [0.1, 0.15) is 120 Å². The van der Waals surface area contributed by atoms with Gasteiger partial charge in [-0.3, -0.25) is 9.59 Å². The summed E-state index contributed by atoms with van der Waals surface area (Å²) in [5.74, 6) is -1.55. The fraction of sp³-hybridized carbons (Fsp3) is 0.633. The molecule has 36 heavy (non-hydrogen) atoms. The topological polar surface area (TPSA) is 95.5 Å². The van der Waals surface area contributed by atoms with E-state index in [1.54, 1.807) is 31.2 Å². The molecule has 1 aromatic carbocycles. The van der Waals surface area contributed by atoms with Crippen molar-refractivity contribution in [3.8, 4) is 0 Å². The third-order valence-electron chi connectivity index (χ3n) is 6.64. The third-order valence-corrected chi connectivity index (χ3v) is 6.64. The fourth-order valence-electron chi connectivity index (χ4n) is 3.97. The SMILES string of the molecule is CCCCCC/C=C\CCCCCCCC(=O)NCc1ccc(C(=O)N[C@H](C(=O)O)[C@@H](C)CC)cc1. The third kappa shape index (κ3) is 14.1. The number of carbonyl (C=O) groups is 3. The van der Waals surface area contributed by atoms with Crippen LogP contribution in [0.2, 0.25) is 0 Å². The number of unbranched alkanes of at least 4 members (excludes halogenated alkanes) is 9. The van der Waals surface area contributed by atoms with E-state index in [0.717, 1.165) is 24.8 Å². The fourth-order valence-corrected chi connectivity index (χ4v) is 3.97. The Kier molecular flexibility index (Phi) is 17.0. The molecule has 6 nitrogen and oxygen atoms in total. The monoisotopic (exact) mass is 500 g/mol. The number of hydrogen-bond donors (Lipinski definition) is 3. The van der Waals surface area contributed by atoms with Gasteiger partial charge < -0.3 is 15.7 Å². The van der Waals surface area contributed by atoms with Crippen LogP contribution >= 0.6 is 0 Å². The minimum atomic E-state index is -1.03. The van der Waals surface area contributed by atoms with Crippen LogP contribution in [0.15, 0.2) is 36.4 Å². The van der Waals surface area contributed by atoms with E-state index in [9.17, 15) is 19.5 Å². The van der Waals surface area contributed by atoms with Gasteiger partial charge in [0.2, 0.25) is 5.91 Å². The zero-order chi connectivity index (χ0) is 26.6. The van der Waals surface area contributed by atoms with Gasteiger partial charge in [-0.1, -0.05) is 90.0 Å². The molecule has 0 saturated carbocycles. The van der Waals surface area contributed by atoms with Crippen LogP contribution in [0, 0.1) is 5.92 Å². The van der Waals surface area contributed by atoms with Gasteiger partial charge in [-0.2, -0.15) is 0 Å².